The summed E-state index contributed by atoms with van der Waals surface area (Å²) in [4.78, 5) is 27.3. The van der Waals surface area contributed by atoms with Crippen molar-refractivity contribution in [3.05, 3.63) is 82.0 Å². The van der Waals surface area contributed by atoms with Gasteiger partial charge in [-0.1, -0.05) is 36.4 Å². The number of benzene rings is 2. The van der Waals surface area contributed by atoms with Gasteiger partial charge in [0.15, 0.2) is 6.79 Å². The SMILES string of the molecule is COC(=O)c1ccc([C@H](C)NC(=O)c2c(C)nn3c2N(Cc2cccc(COCOS(C)(=O)=O)c2)CC3)cc1. The molecule has 0 aliphatic carbocycles. The van der Waals surface area contributed by atoms with E-state index >= 15 is 0 Å². The zero-order valence-corrected chi connectivity index (χ0v) is 23.2. The third-order valence-corrected chi connectivity index (χ3v) is 6.89. The van der Waals surface area contributed by atoms with Crippen molar-refractivity contribution < 1.29 is 31.7 Å². The number of amides is 1. The second kappa shape index (κ2) is 12.0. The number of hydrogen-bond donors (Lipinski definition) is 1. The molecule has 3 aromatic rings. The van der Waals surface area contributed by atoms with Crippen LogP contribution in [0.3, 0.4) is 0 Å². The topological polar surface area (TPSA) is 129 Å². The number of rotatable bonds is 11. The average Bonchev–Trinajstić information content (AvgIpc) is 3.43. The maximum absolute atomic E-state index is 13.4. The van der Waals surface area contributed by atoms with Gasteiger partial charge in [0.25, 0.3) is 16.0 Å². The van der Waals surface area contributed by atoms with Gasteiger partial charge in [-0.05, 0) is 42.7 Å². The number of nitrogens with one attached hydrogen (secondary N) is 1. The number of aromatic nitrogens is 2. The van der Waals surface area contributed by atoms with E-state index < -0.39 is 16.1 Å². The smallest absolute Gasteiger partial charge is 0.337 e. The second-order valence-electron chi connectivity index (χ2n) is 9.35. The predicted octanol–water partition coefficient (Wildman–Crippen LogP) is 2.94. The molecule has 0 bridgehead atoms. The van der Waals surface area contributed by atoms with Gasteiger partial charge >= 0.3 is 5.97 Å². The van der Waals surface area contributed by atoms with Gasteiger partial charge < -0.3 is 19.7 Å². The molecule has 0 spiro atoms. The van der Waals surface area contributed by atoms with E-state index in [9.17, 15) is 18.0 Å². The summed E-state index contributed by atoms with van der Waals surface area (Å²) in [6.07, 6.45) is 0.971. The molecule has 0 radical (unpaired) electrons. The van der Waals surface area contributed by atoms with Crippen LogP contribution in [0.1, 0.15) is 56.1 Å². The third kappa shape index (κ3) is 7.02. The van der Waals surface area contributed by atoms with Crippen LogP contribution in [0, 0.1) is 6.92 Å². The molecule has 39 heavy (non-hydrogen) atoms. The number of hydrogen-bond acceptors (Lipinski definition) is 9. The van der Waals surface area contributed by atoms with Crippen LogP contribution in [0.2, 0.25) is 0 Å². The molecule has 0 unspecified atom stereocenters. The summed E-state index contributed by atoms with van der Waals surface area (Å²) in [6, 6.07) is 14.4. The molecule has 0 saturated carbocycles. The van der Waals surface area contributed by atoms with E-state index in [1.807, 2.05) is 42.8 Å². The number of carbonyl (C=O) groups is 2. The Morgan fingerprint density at radius 2 is 1.82 bits per heavy atom. The third-order valence-electron chi connectivity index (χ3n) is 6.37. The summed E-state index contributed by atoms with van der Waals surface area (Å²) in [6.45, 7) is 5.49. The molecule has 1 aromatic heterocycles. The Kier molecular flexibility index (Phi) is 8.68. The Balaban J connectivity index is 1.44. The van der Waals surface area contributed by atoms with Gasteiger partial charge in [-0.15, -0.1) is 0 Å². The highest BCUT2D eigenvalue weighted by molar-refractivity contribution is 7.85. The first kappa shape index (κ1) is 28.3. The van der Waals surface area contributed by atoms with Gasteiger partial charge in [0, 0.05) is 13.1 Å². The number of fused-ring (bicyclic) bond motifs is 1. The molecule has 12 heteroatoms. The lowest BCUT2D eigenvalue weighted by molar-refractivity contribution is 0.00958. The summed E-state index contributed by atoms with van der Waals surface area (Å²) in [7, 11) is -2.23. The fraction of sp³-hybridized carbons (Fsp3) is 0.370. The van der Waals surface area contributed by atoms with Crippen molar-refractivity contribution in [3.8, 4) is 0 Å². The lowest BCUT2D eigenvalue weighted by Crippen LogP contribution is -2.29. The molecule has 1 N–H and O–H groups in total. The highest BCUT2D eigenvalue weighted by Gasteiger charge is 2.30. The number of ether oxygens (including phenoxy) is 2. The largest absolute Gasteiger partial charge is 0.465 e. The van der Waals surface area contributed by atoms with Crippen LogP contribution < -0.4 is 10.2 Å². The standard InChI is InChI=1S/C27H32N4O7S/c1-18(22-8-10-23(11-9-22)27(33)36-3)28-25(32)24-19(2)29-31-13-12-30(26(24)31)15-20-6-5-7-21(14-20)16-37-17-38-39(4,34)35/h5-11,14,18H,12-13,15-17H2,1-4H3,(H,28,32)/t18-/m0/s1. The molecule has 1 amide bonds. The highest BCUT2D eigenvalue weighted by Crippen LogP contribution is 2.30. The number of aryl methyl sites for hydroxylation is 1. The van der Waals surface area contributed by atoms with Crippen LogP contribution in [0.15, 0.2) is 48.5 Å². The van der Waals surface area contributed by atoms with Crippen molar-refractivity contribution in [2.24, 2.45) is 0 Å². The normalized spacial score (nSPS) is 13.7. The molecule has 0 saturated heterocycles. The van der Waals surface area contributed by atoms with Crippen molar-refractivity contribution in [3.63, 3.8) is 0 Å². The van der Waals surface area contributed by atoms with Crippen LogP contribution in [-0.4, -0.2) is 56.8 Å². The molecule has 2 aromatic carbocycles. The Morgan fingerprint density at radius 1 is 1.10 bits per heavy atom. The Morgan fingerprint density at radius 3 is 2.51 bits per heavy atom. The molecular weight excluding hydrogens is 524 g/mol. The maximum Gasteiger partial charge on any atom is 0.337 e. The van der Waals surface area contributed by atoms with E-state index in [1.165, 1.54) is 7.11 Å². The fourth-order valence-electron chi connectivity index (χ4n) is 4.48. The minimum atomic E-state index is -3.56. The van der Waals surface area contributed by atoms with E-state index in [1.54, 1.807) is 24.3 Å². The van der Waals surface area contributed by atoms with Crippen LogP contribution in [0.5, 0.6) is 0 Å². The highest BCUT2D eigenvalue weighted by atomic mass is 32.2. The van der Waals surface area contributed by atoms with E-state index in [2.05, 4.69) is 19.5 Å². The first-order valence-electron chi connectivity index (χ1n) is 12.4. The van der Waals surface area contributed by atoms with Crippen LogP contribution in [-0.2, 0) is 43.5 Å². The van der Waals surface area contributed by atoms with E-state index in [-0.39, 0.29) is 25.3 Å². The van der Waals surface area contributed by atoms with Crippen molar-refractivity contribution in [1.29, 1.82) is 0 Å². The first-order chi connectivity index (χ1) is 18.6. The molecule has 1 atom stereocenters. The number of esters is 1. The van der Waals surface area contributed by atoms with Crippen molar-refractivity contribution in [2.45, 2.75) is 39.6 Å². The van der Waals surface area contributed by atoms with E-state index in [0.29, 0.717) is 36.5 Å². The number of methoxy groups -OCH3 is 1. The lowest BCUT2D eigenvalue weighted by Gasteiger charge is -2.21. The van der Waals surface area contributed by atoms with Crippen molar-refractivity contribution in [1.82, 2.24) is 15.1 Å². The zero-order chi connectivity index (χ0) is 28.2. The number of nitrogens with zero attached hydrogens (tertiary/aromatic N) is 3. The summed E-state index contributed by atoms with van der Waals surface area (Å²) in [5.41, 5.74) is 4.36. The minimum absolute atomic E-state index is 0.201. The predicted molar refractivity (Wildman–Crippen MR) is 144 cm³/mol. The lowest BCUT2D eigenvalue weighted by atomic mass is 10.1. The Labute approximate surface area is 227 Å². The zero-order valence-electron chi connectivity index (χ0n) is 22.3. The van der Waals surface area contributed by atoms with Gasteiger partial charge in [0.1, 0.15) is 11.4 Å². The van der Waals surface area contributed by atoms with E-state index in [0.717, 1.165) is 28.8 Å². The number of anilines is 1. The van der Waals surface area contributed by atoms with Crippen molar-refractivity contribution in [2.75, 3.05) is 31.6 Å². The second-order valence-corrected chi connectivity index (χ2v) is 11.0. The fourth-order valence-corrected chi connectivity index (χ4v) is 4.73. The minimum Gasteiger partial charge on any atom is -0.465 e. The summed E-state index contributed by atoms with van der Waals surface area (Å²) < 4.78 is 38.7. The van der Waals surface area contributed by atoms with E-state index in [4.69, 9.17) is 9.47 Å². The summed E-state index contributed by atoms with van der Waals surface area (Å²) in [5, 5.41) is 7.65. The maximum atomic E-state index is 13.4. The molecule has 1 aliphatic rings. The van der Waals surface area contributed by atoms with Gasteiger partial charge in [-0.3, -0.25) is 4.79 Å². The molecular formula is C27H32N4O7S. The summed E-state index contributed by atoms with van der Waals surface area (Å²) in [5.74, 6) is 0.128. The first-order valence-corrected chi connectivity index (χ1v) is 14.2. The molecule has 0 fully saturated rings. The van der Waals surface area contributed by atoms with Gasteiger partial charge in [0.2, 0.25) is 0 Å². The number of carbonyl (C=O) groups excluding carboxylic acids is 2. The molecule has 11 nitrogen and oxygen atoms in total. The molecule has 208 valence electrons. The molecule has 4 rings (SSSR count). The van der Waals surface area contributed by atoms with Gasteiger partial charge in [0.05, 0.1) is 43.8 Å². The van der Waals surface area contributed by atoms with Crippen LogP contribution in [0.4, 0.5) is 5.82 Å². The molecule has 2 heterocycles. The van der Waals surface area contributed by atoms with Crippen LogP contribution in [0.25, 0.3) is 0 Å². The quantitative estimate of drug-likeness (QED) is 0.164. The average molecular weight is 557 g/mol. The van der Waals surface area contributed by atoms with Crippen LogP contribution >= 0.6 is 0 Å². The Hall–Kier alpha value is -3.74. The van der Waals surface area contributed by atoms with Gasteiger partial charge in [-0.25, -0.2) is 13.7 Å². The molecule has 1 aliphatic heterocycles. The summed E-state index contributed by atoms with van der Waals surface area (Å²) >= 11 is 0. The van der Waals surface area contributed by atoms with Crippen molar-refractivity contribution >= 4 is 27.8 Å². The monoisotopic (exact) mass is 556 g/mol. The van der Waals surface area contributed by atoms with Gasteiger partial charge in [-0.2, -0.15) is 13.5 Å². The Bertz CT molecular complexity index is 1450.